The first kappa shape index (κ1) is 14.4. The van der Waals surface area contributed by atoms with Crippen LogP contribution in [0.1, 0.15) is 17.8 Å². The highest BCUT2D eigenvalue weighted by molar-refractivity contribution is 9.10. The summed E-state index contributed by atoms with van der Waals surface area (Å²) in [5.74, 6) is 0.843. The third kappa shape index (κ3) is 3.22. The van der Waals surface area contributed by atoms with Crippen molar-refractivity contribution in [1.29, 1.82) is 0 Å². The van der Waals surface area contributed by atoms with E-state index in [1.165, 1.54) is 15.0 Å². The molecule has 0 saturated heterocycles. The van der Waals surface area contributed by atoms with Crippen molar-refractivity contribution in [1.82, 2.24) is 0 Å². The molecule has 0 aliphatic rings. The average Bonchev–Trinajstić information content (AvgIpc) is 2.90. The zero-order chi connectivity index (χ0) is 14.8. The van der Waals surface area contributed by atoms with E-state index < -0.39 is 0 Å². The fourth-order valence-electron chi connectivity index (χ4n) is 2.30. The molecule has 0 spiro atoms. The second-order valence-corrected chi connectivity index (χ2v) is 6.96. The van der Waals surface area contributed by atoms with Crippen molar-refractivity contribution >= 4 is 43.0 Å². The van der Waals surface area contributed by atoms with Crippen molar-refractivity contribution in [3.63, 3.8) is 0 Å². The maximum atomic E-state index is 5.30. The van der Waals surface area contributed by atoms with Gasteiger partial charge in [-0.3, -0.25) is 0 Å². The largest absolute Gasteiger partial charge is 0.497 e. The zero-order valence-electron chi connectivity index (χ0n) is 11.9. The fourth-order valence-corrected chi connectivity index (χ4v) is 3.84. The lowest BCUT2D eigenvalue weighted by Crippen LogP contribution is -2.04. The molecule has 1 atom stereocenters. The van der Waals surface area contributed by atoms with Crippen molar-refractivity contribution in [2.24, 2.45) is 0 Å². The van der Waals surface area contributed by atoms with Gasteiger partial charge in [-0.05, 0) is 36.6 Å². The molecule has 2 aromatic carbocycles. The standard InChI is InChI=1S/C17H16BrNOS/c1-11(17-7-12-5-3-4-6-16(12)21-17)19-14-8-13(18)9-15(10-14)20-2/h3-11,19H,1-2H3. The Kier molecular flexibility index (Phi) is 4.17. The van der Waals surface area contributed by atoms with Gasteiger partial charge >= 0.3 is 0 Å². The molecule has 21 heavy (non-hydrogen) atoms. The highest BCUT2D eigenvalue weighted by Gasteiger charge is 2.10. The van der Waals surface area contributed by atoms with Crippen LogP contribution in [0.25, 0.3) is 10.1 Å². The first-order chi connectivity index (χ1) is 10.2. The van der Waals surface area contributed by atoms with Gasteiger partial charge < -0.3 is 10.1 Å². The topological polar surface area (TPSA) is 21.3 Å². The lowest BCUT2D eigenvalue weighted by molar-refractivity contribution is 0.414. The van der Waals surface area contributed by atoms with Gasteiger partial charge in [-0.15, -0.1) is 11.3 Å². The molecule has 2 nitrogen and oxygen atoms in total. The van der Waals surface area contributed by atoms with Crippen LogP contribution in [-0.2, 0) is 0 Å². The summed E-state index contributed by atoms with van der Waals surface area (Å²) in [4.78, 5) is 1.33. The average molecular weight is 362 g/mol. The first-order valence-corrected chi connectivity index (χ1v) is 8.36. The van der Waals surface area contributed by atoms with Crippen LogP contribution in [0.5, 0.6) is 5.75 Å². The third-order valence-electron chi connectivity index (χ3n) is 3.36. The number of halogens is 1. The summed E-state index contributed by atoms with van der Waals surface area (Å²) in [7, 11) is 1.68. The number of ether oxygens (including phenoxy) is 1. The molecular weight excluding hydrogens is 346 g/mol. The van der Waals surface area contributed by atoms with Crippen molar-refractivity contribution in [2.75, 3.05) is 12.4 Å². The number of fused-ring (bicyclic) bond motifs is 1. The number of nitrogens with one attached hydrogen (secondary N) is 1. The van der Waals surface area contributed by atoms with Gasteiger partial charge in [-0.2, -0.15) is 0 Å². The maximum absolute atomic E-state index is 5.30. The number of benzene rings is 2. The number of anilines is 1. The highest BCUT2D eigenvalue weighted by Crippen LogP contribution is 2.33. The van der Waals surface area contributed by atoms with Crippen LogP contribution in [0.3, 0.4) is 0 Å². The number of thiophene rings is 1. The minimum absolute atomic E-state index is 0.251. The molecule has 0 fully saturated rings. The molecule has 0 saturated carbocycles. The predicted octanol–water partition coefficient (Wildman–Crippen LogP) is 5.85. The van der Waals surface area contributed by atoms with Crippen LogP contribution in [0, 0.1) is 0 Å². The zero-order valence-corrected chi connectivity index (χ0v) is 14.3. The molecule has 4 heteroatoms. The molecule has 1 heterocycles. The molecular formula is C17H16BrNOS. The van der Waals surface area contributed by atoms with E-state index >= 15 is 0 Å². The minimum atomic E-state index is 0.251. The summed E-state index contributed by atoms with van der Waals surface area (Å²) in [6.07, 6.45) is 0. The summed E-state index contributed by atoms with van der Waals surface area (Å²) in [6.45, 7) is 2.18. The summed E-state index contributed by atoms with van der Waals surface area (Å²) in [6, 6.07) is 17.0. The molecule has 0 radical (unpaired) electrons. The van der Waals surface area contributed by atoms with Gasteiger partial charge in [0.25, 0.3) is 0 Å². The number of hydrogen-bond donors (Lipinski definition) is 1. The Morgan fingerprint density at radius 2 is 1.95 bits per heavy atom. The molecule has 3 aromatic rings. The normalized spacial score (nSPS) is 12.3. The Morgan fingerprint density at radius 1 is 1.14 bits per heavy atom. The molecule has 0 aliphatic carbocycles. The summed E-state index contributed by atoms with van der Waals surface area (Å²) in [5, 5.41) is 4.84. The molecule has 1 N–H and O–H groups in total. The van der Waals surface area contributed by atoms with E-state index in [9.17, 15) is 0 Å². The van der Waals surface area contributed by atoms with Crippen molar-refractivity contribution in [3.8, 4) is 5.75 Å². The maximum Gasteiger partial charge on any atom is 0.122 e. The van der Waals surface area contributed by atoms with E-state index in [1.54, 1.807) is 7.11 Å². The Hall–Kier alpha value is -1.52. The van der Waals surface area contributed by atoms with E-state index in [1.807, 2.05) is 23.5 Å². The van der Waals surface area contributed by atoms with E-state index in [2.05, 4.69) is 64.6 Å². The highest BCUT2D eigenvalue weighted by atomic mass is 79.9. The SMILES string of the molecule is COc1cc(Br)cc(NC(C)c2cc3ccccc3s2)c1. The third-order valence-corrected chi connectivity index (χ3v) is 5.12. The molecule has 0 bridgehead atoms. The van der Waals surface area contributed by atoms with Gasteiger partial charge in [0.2, 0.25) is 0 Å². The Bertz CT molecular complexity index is 735. The molecule has 108 valence electrons. The Morgan fingerprint density at radius 3 is 2.71 bits per heavy atom. The van der Waals surface area contributed by atoms with Gasteiger partial charge in [0.15, 0.2) is 0 Å². The van der Waals surface area contributed by atoms with Gasteiger partial charge in [-0.25, -0.2) is 0 Å². The smallest absolute Gasteiger partial charge is 0.122 e. The second-order valence-electron chi connectivity index (χ2n) is 4.93. The van der Waals surface area contributed by atoms with Crippen molar-refractivity contribution < 1.29 is 4.74 Å². The predicted molar refractivity (Wildman–Crippen MR) is 94.6 cm³/mol. The summed E-state index contributed by atoms with van der Waals surface area (Å²) >= 11 is 5.34. The van der Waals surface area contributed by atoms with Crippen molar-refractivity contribution in [2.45, 2.75) is 13.0 Å². The molecule has 1 unspecified atom stereocenters. The van der Waals surface area contributed by atoms with Gasteiger partial charge in [0, 0.05) is 25.8 Å². The monoisotopic (exact) mass is 361 g/mol. The molecule has 3 rings (SSSR count). The van der Waals surface area contributed by atoms with Crippen LogP contribution < -0.4 is 10.1 Å². The lowest BCUT2D eigenvalue weighted by atomic mass is 10.2. The van der Waals surface area contributed by atoms with E-state index in [4.69, 9.17) is 4.74 Å². The Balaban J connectivity index is 1.85. The first-order valence-electron chi connectivity index (χ1n) is 6.75. The molecule has 1 aromatic heterocycles. The van der Waals surface area contributed by atoms with Crippen molar-refractivity contribution in [3.05, 3.63) is 57.9 Å². The van der Waals surface area contributed by atoms with E-state index in [0.717, 1.165) is 15.9 Å². The number of methoxy groups -OCH3 is 1. The fraction of sp³-hybridized carbons (Fsp3) is 0.176. The minimum Gasteiger partial charge on any atom is -0.497 e. The Labute approximate surface area is 136 Å². The van der Waals surface area contributed by atoms with Crippen LogP contribution in [0.15, 0.2) is 53.0 Å². The summed E-state index contributed by atoms with van der Waals surface area (Å²) in [5.41, 5.74) is 1.05. The quantitative estimate of drug-likeness (QED) is 0.629. The lowest BCUT2D eigenvalue weighted by Gasteiger charge is -2.15. The van der Waals surface area contributed by atoms with Gasteiger partial charge in [0.05, 0.1) is 13.2 Å². The van der Waals surface area contributed by atoms with Gasteiger partial charge in [-0.1, -0.05) is 34.1 Å². The number of hydrogen-bond acceptors (Lipinski definition) is 3. The van der Waals surface area contributed by atoms with Gasteiger partial charge in [0.1, 0.15) is 5.75 Å². The van der Waals surface area contributed by atoms with Crippen LogP contribution >= 0.6 is 27.3 Å². The van der Waals surface area contributed by atoms with E-state index in [-0.39, 0.29) is 6.04 Å². The van der Waals surface area contributed by atoms with Crippen LogP contribution in [0.2, 0.25) is 0 Å². The molecule has 0 amide bonds. The number of rotatable bonds is 4. The summed E-state index contributed by atoms with van der Waals surface area (Å²) < 4.78 is 7.64. The van der Waals surface area contributed by atoms with Crippen LogP contribution in [0.4, 0.5) is 5.69 Å². The van der Waals surface area contributed by atoms with E-state index in [0.29, 0.717) is 0 Å². The van der Waals surface area contributed by atoms with Crippen LogP contribution in [-0.4, -0.2) is 7.11 Å². The second kappa shape index (κ2) is 6.08. The molecule has 0 aliphatic heterocycles.